The van der Waals surface area contributed by atoms with E-state index in [-0.39, 0.29) is 11.8 Å². The van der Waals surface area contributed by atoms with Crippen LogP contribution in [0.2, 0.25) is 0 Å². The number of hydrogen-bond acceptors (Lipinski definition) is 3. The lowest BCUT2D eigenvalue weighted by Gasteiger charge is -2.18. The van der Waals surface area contributed by atoms with Crippen LogP contribution in [0.25, 0.3) is 21.8 Å². The van der Waals surface area contributed by atoms with Crippen LogP contribution in [0.15, 0.2) is 91.0 Å². The Morgan fingerprint density at radius 2 is 1.66 bits per heavy atom. The molecule has 2 heterocycles. The third-order valence-electron chi connectivity index (χ3n) is 7.00. The monoisotopic (exact) mass is 461 g/mol. The van der Waals surface area contributed by atoms with Gasteiger partial charge in [-0.2, -0.15) is 0 Å². The number of hydrogen-bond donors (Lipinski definition) is 0. The second kappa shape index (κ2) is 8.91. The normalized spacial score (nSPS) is 15.9. The third-order valence-corrected chi connectivity index (χ3v) is 7.00. The number of carbonyl (C=O) groups is 1. The lowest BCUT2D eigenvalue weighted by molar-refractivity contribution is -0.128. The van der Waals surface area contributed by atoms with Gasteiger partial charge in [-0.25, -0.2) is 4.98 Å². The van der Waals surface area contributed by atoms with E-state index in [1.54, 1.807) is 7.11 Å². The van der Waals surface area contributed by atoms with Crippen LogP contribution in [0, 0.1) is 0 Å². The van der Waals surface area contributed by atoms with E-state index in [1.807, 2.05) is 35.2 Å². The smallest absolute Gasteiger partial charge is 0.223 e. The Morgan fingerprint density at radius 1 is 0.886 bits per heavy atom. The minimum absolute atomic E-state index is 0.0584. The van der Waals surface area contributed by atoms with Gasteiger partial charge in [0.15, 0.2) is 0 Å². The number of para-hydroxylation sites is 2. The molecule has 0 radical (unpaired) electrons. The van der Waals surface area contributed by atoms with Gasteiger partial charge in [0.2, 0.25) is 5.91 Å². The quantitative estimate of drug-likeness (QED) is 0.323. The second-order valence-electron chi connectivity index (χ2n) is 9.21. The highest BCUT2D eigenvalue weighted by Crippen LogP contribution is 2.32. The van der Waals surface area contributed by atoms with Gasteiger partial charge in [-0.05, 0) is 46.2 Å². The number of ether oxygens (including phenoxy) is 1. The predicted octanol–water partition coefficient (Wildman–Crippen LogP) is 5.76. The summed E-state index contributed by atoms with van der Waals surface area (Å²) in [5, 5.41) is 2.49. The van der Waals surface area contributed by atoms with Gasteiger partial charge in [0, 0.05) is 32.0 Å². The average molecular weight is 462 g/mol. The minimum atomic E-state index is 0.0584. The van der Waals surface area contributed by atoms with E-state index in [0.717, 1.165) is 34.7 Å². The maximum atomic E-state index is 13.0. The largest absolute Gasteiger partial charge is 0.497 e. The van der Waals surface area contributed by atoms with Gasteiger partial charge < -0.3 is 14.2 Å². The molecule has 1 aromatic heterocycles. The molecule has 1 amide bonds. The number of carbonyl (C=O) groups excluding carboxylic acids is 1. The summed E-state index contributed by atoms with van der Waals surface area (Å²) in [6.07, 6.45) is 0.481. The number of benzene rings is 4. The van der Waals surface area contributed by atoms with Crippen molar-refractivity contribution < 1.29 is 9.53 Å². The molecule has 0 bridgehead atoms. The number of imidazole rings is 1. The molecular weight excluding hydrogens is 434 g/mol. The van der Waals surface area contributed by atoms with Crippen molar-refractivity contribution >= 4 is 27.7 Å². The van der Waals surface area contributed by atoms with Crippen molar-refractivity contribution in [1.29, 1.82) is 0 Å². The second-order valence-corrected chi connectivity index (χ2v) is 9.21. The summed E-state index contributed by atoms with van der Waals surface area (Å²) >= 11 is 0. The molecule has 5 nitrogen and oxygen atoms in total. The zero-order valence-corrected chi connectivity index (χ0v) is 19.7. The number of fused-ring (bicyclic) bond motifs is 2. The summed E-state index contributed by atoms with van der Waals surface area (Å²) in [6.45, 7) is 1.99. The molecule has 0 N–H and O–H groups in total. The summed E-state index contributed by atoms with van der Waals surface area (Å²) in [6, 6.07) is 31.2. The van der Waals surface area contributed by atoms with Gasteiger partial charge in [-0.15, -0.1) is 0 Å². The first-order valence-electron chi connectivity index (χ1n) is 12.0. The van der Waals surface area contributed by atoms with Crippen molar-refractivity contribution in [2.24, 2.45) is 0 Å². The maximum absolute atomic E-state index is 13.0. The van der Waals surface area contributed by atoms with Crippen LogP contribution < -0.4 is 4.74 Å². The lowest BCUT2D eigenvalue weighted by atomic mass is 10.0. The van der Waals surface area contributed by atoms with E-state index < -0.39 is 0 Å². The summed E-state index contributed by atoms with van der Waals surface area (Å²) in [5.74, 6) is 2.05. The molecule has 4 aromatic carbocycles. The highest BCUT2D eigenvalue weighted by atomic mass is 16.5. The lowest BCUT2D eigenvalue weighted by Crippen LogP contribution is -2.24. The molecule has 1 aliphatic rings. The van der Waals surface area contributed by atoms with E-state index in [9.17, 15) is 4.79 Å². The van der Waals surface area contributed by atoms with Gasteiger partial charge in [0.1, 0.15) is 11.6 Å². The van der Waals surface area contributed by atoms with Crippen LogP contribution in [-0.2, 0) is 17.9 Å². The zero-order valence-electron chi connectivity index (χ0n) is 19.7. The van der Waals surface area contributed by atoms with Crippen LogP contribution in [0.1, 0.15) is 29.3 Å². The van der Waals surface area contributed by atoms with Crippen molar-refractivity contribution in [1.82, 2.24) is 14.5 Å². The molecule has 1 unspecified atom stereocenters. The highest BCUT2D eigenvalue weighted by molar-refractivity contribution is 5.86. The molecule has 174 valence electrons. The first-order chi connectivity index (χ1) is 17.2. The molecular formula is C30H27N3O2. The average Bonchev–Trinajstić information content (AvgIpc) is 3.45. The standard InChI is InChI=1S/C30H27N3O2/c1-35-25-15-13-21(14-16-25)18-32-19-24(17-29(32)34)30-31-27-11-4-5-12-28(27)33(30)20-23-9-6-8-22-7-2-3-10-26(22)23/h2-16,24H,17-20H2,1H3. The number of likely N-dealkylation sites (tertiary alicyclic amines) is 1. The van der Waals surface area contributed by atoms with Gasteiger partial charge in [-0.1, -0.05) is 66.7 Å². The van der Waals surface area contributed by atoms with Crippen LogP contribution in [0.5, 0.6) is 5.75 Å². The zero-order chi connectivity index (χ0) is 23.8. The van der Waals surface area contributed by atoms with Gasteiger partial charge in [0.05, 0.1) is 18.1 Å². The van der Waals surface area contributed by atoms with Gasteiger partial charge >= 0.3 is 0 Å². The molecule has 0 aliphatic carbocycles. The third kappa shape index (κ3) is 4.03. The molecule has 5 aromatic rings. The van der Waals surface area contributed by atoms with Gasteiger partial charge in [0.25, 0.3) is 0 Å². The summed E-state index contributed by atoms with van der Waals surface area (Å²) < 4.78 is 7.57. The van der Waals surface area contributed by atoms with Crippen LogP contribution >= 0.6 is 0 Å². The summed E-state index contributed by atoms with van der Waals surface area (Å²) in [4.78, 5) is 20.0. The van der Waals surface area contributed by atoms with E-state index >= 15 is 0 Å². The van der Waals surface area contributed by atoms with Crippen LogP contribution in [-0.4, -0.2) is 34.0 Å². The Hall–Kier alpha value is -4.12. The summed E-state index contributed by atoms with van der Waals surface area (Å²) in [5.41, 5.74) is 4.44. The fraction of sp³-hybridized carbons (Fsp3) is 0.200. The van der Waals surface area contributed by atoms with Crippen molar-refractivity contribution in [2.45, 2.75) is 25.4 Å². The van der Waals surface area contributed by atoms with Crippen molar-refractivity contribution in [3.63, 3.8) is 0 Å². The molecule has 1 aliphatic heterocycles. The van der Waals surface area contributed by atoms with Crippen LogP contribution in [0.4, 0.5) is 0 Å². The molecule has 0 saturated carbocycles. The molecule has 5 heteroatoms. The Bertz CT molecular complexity index is 1520. The van der Waals surface area contributed by atoms with Crippen LogP contribution in [0.3, 0.4) is 0 Å². The first kappa shape index (κ1) is 21.4. The van der Waals surface area contributed by atoms with E-state index in [1.165, 1.54) is 16.3 Å². The van der Waals surface area contributed by atoms with Gasteiger partial charge in [-0.3, -0.25) is 4.79 Å². The Morgan fingerprint density at radius 3 is 2.51 bits per heavy atom. The topological polar surface area (TPSA) is 47.4 Å². The summed E-state index contributed by atoms with van der Waals surface area (Å²) in [7, 11) is 1.66. The molecule has 6 rings (SSSR count). The minimum Gasteiger partial charge on any atom is -0.497 e. The fourth-order valence-electron chi connectivity index (χ4n) is 5.22. The van der Waals surface area contributed by atoms with E-state index in [4.69, 9.17) is 9.72 Å². The molecule has 1 atom stereocenters. The van der Waals surface area contributed by atoms with Crippen molar-refractivity contribution in [3.8, 4) is 5.75 Å². The SMILES string of the molecule is COc1ccc(CN2CC(c3nc4ccccc4n3Cc3cccc4ccccc34)CC2=O)cc1. The Labute approximate surface area is 204 Å². The maximum Gasteiger partial charge on any atom is 0.223 e. The van der Waals surface area contributed by atoms with Crippen molar-refractivity contribution in [3.05, 3.63) is 108 Å². The molecule has 0 spiro atoms. The number of amides is 1. The number of aromatic nitrogens is 2. The number of methoxy groups -OCH3 is 1. The molecule has 35 heavy (non-hydrogen) atoms. The number of rotatable bonds is 6. The predicted molar refractivity (Wildman–Crippen MR) is 139 cm³/mol. The first-order valence-corrected chi connectivity index (χ1v) is 12.0. The Balaban J connectivity index is 1.33. The van der Waals surface area contributed by atoms with E-state index in [2.05, 4.69) is 65.2 Å². The van der Waals surface area contributed by atoms with Crippen molar-refractivity contribution in [2.75, 3.05) is 13.7 Å². The highest BCUT2D eigenvalue weighted by Gasteiger charge is 2.34. The fourth-order valence-corrected chi connectivity index (χ4v) is 5.22. The number of nitrogens with zero attached hydrogens (tertiary/aromatic N) is 3. The van der Waals surface area contributed by atoms with E-state index in [0.29, 0.717) is 19.5 Å². The Kier molecular flexibility index (Phi) is 5.45. The molecule has 1 fully saturated rings. The molecule has 1 saturated heterocycles.